The molecule has 3 nitrogen and oxygen atoms in total. The van der Waals surface area contributed by atoms with E-state index in [0.29, 0.717) is 12.6 Å². The van der Waals surface area contributed by atoms with Gasteiger partial charge in [-0.2, -0.15) is 0 Å². The normalized spacial score (nSPS) is 21.7. The molecule has 1 amide bonds. The number of alkyl halides is 1. The summed E-state index contributed by atoms with van der Waals surface area (Å²) < 4.78 is 5.28. The summed E-state index contributed by atoms with van der Waals surface area (Å²) in [5, 5.41) is 0.881. The van der Waals surface area contributed by atoms with Crippen LogP contribution in [0.25, 0.3) is 0 Å². The minimum absolute atomic E-state index is 0.146. The molecule has 0 aromatic rings. The van der Waals surface area contributed by atoms with Gasteiger partial charge in [-0.25, -0.2) is 0 Å². The lowest BCUT2D eigenvalue weighted by atomic mass is 10.0. The lowest BCUT2D eigenvalue weighted by Crippen LogP contribution is -2.46. The number of likely N-dealkylation sites (tertiary alicyclic amines) is 1. The van der Waals surface area contributed by atoms with Crippen LogP contribution in [0.3, 0.4) is 0 Å². The Kier molecular flexibility index (Phi) is 6.25. The molecule has 0 spiro atoms. The maximum Gasteiger partial charge on any atom is 0.248 e. The van der Waals surface area contributed by atoms with E-state index in [9.17, 15) is 4.79 Å². The van der Waals surface area contributed by atoms with E-state index in [1.54, 1.807) is 0 Å². The number of nitrogens with zero attached hydrogens (tertiary/aromatic N) is 1. The van der Waals surface area contributed by atoms with Gasteiger partial charge in [-0.15, -0.1) is 0 Å². The van der Waals surface area contributed by atoms with Crippen molar-refractivity contribution in [3.63, 3.8) is 0 Å². The predicted octanol–water partition coefficient (Wildman–Crippen LogP) is 2.19. The maximum absolute atomic E-state index is 11.8. The lowest BCUT2D eigenvalue weighted by molar-refractivity contribution is -0.139. The first-order valence-corrected chi connectivity index (χ1v) is 6.85. The van der Waals surface area contributed by atoms with Crippen LogP contribution < -0.4 is 0 Å². The third kappa shape index (κ3) is 4.11. The Hall–Kier alpha value is -0.0900. The first-order chi connectivity index (χ1) is 7.29. The highest BCUT2D eigenvalue weighted by Gasteiger charge is 2.25. The Labute approximate surface area is 100 Å². The fraction of sp³-hybridized carbons (Fsp3) is 0.909. The van der Waals surface area contributed by atoms with E-state index in [2.05, 4.69) is 15.9 Å². The van der Waals surface area contributed by atoms with Crippen LogP contribution in [0.5, 0.6) is 0 Å². The minimum Gasteiger partial charge on any atom is -0.372 e. The Morgan fingerprint density at radius 1 is 1.53 bits per heavy atom. The highest BCUT2D eigenvalue weighted by molar-refractivity contribution is 9.09. The van der Waals surface area contributed by atoms with Crippen molar-refractivity contribution in [1.29, 1.82) is 0 Å². The van der Waals surface area contributed by atoms with Crippen LogP contribution in [0.4, 0.5) is 0 Å². The van der Waals surface area contributed by atoms with Crippen LogP contribution in [0.1, 0.15) is 32.6 Å². The van der Waals surface area contributed by atoms with Crippen molar-refractivity contribution in [2.45, 2.75) is 38.6 Å². The fourth-order valence-corrected chi connectivity index (χ4v) is 2.55. The second kappa shape index (κ2) is 7.23. The molecule has 0 bridgehead atoms. The molecule has 0 radical (unpaired) electrons. The Morgan fingerprint density at radius 3 is 3.00 bits per heavy atom. The standard InChI is InChI=1S/C11H20BrNO2/c1-2-7-15-9-11(14)13-6-4-3-5-10(13)8-12/h10H,2-9H2,1H3. The van der Waals surface area contributed by atoms with Crippen LogP contribution in [0, 0.1) is 0 Å². The summed E-state index contributed by atoms with van der Waals surface area (Å²) in [4.78, 5) is 13.8. The van der Waals surface area contributed by atoms with Crippen molar-refractivity contribution in [2.24, 2.45) is 0 Å². The quantitative estimate of drug-likeness (QED) is 0.570. The summed E-state index contributed by atoms with van der Waals surface area (Å²) in [5.41, 5.74) is 0. The van der Waals surface area contributed by atoms with Gasteiger partial charge in [0.2, 0.25) is 5.91 Å². The zero-order valence-corrected chi connectivity index (χ0v) is 11.0. The van der Waals surface area contributed by atoms with Gasteiger partial charge in [-0.1, -0.05) is 22.9 Å². The Morgan fingerprint density at radius 2 is 2.33 bits per heavy atom. The van der Waals surface area contributed by atoms with Crippen molar-refractivity contribution in [3.05, 3.63) is 0 Å². The van der Waals surface area contributed by atoms with Crippen molar-refractivity contribution < 1.29 is 9.53 Å². The number of carbonyl (C=O) groups is 1. The monoisotopic (exact) mass is 277 g/mol. The first-order valence-electron chi connectivity index (χ1n) is 5.72. The van der Waals surface area contributed by atoms with Gasteiger partial charge >= 0.3 is 0 Å². The zero-order chi connectivity index (χ0) is 11.1. The van der Waals surface area contributed by atoms with Crippen molar-refractivity contribution in [2.75, 3.05) is 25.1 Å². The Bertz CT molecular complexity index is 199. The summed E-state index contributed by atoms with van der Waals surface area (Å²) in [6.07, 6.45) is 4.44. The molecule has 1 heterocycles. The molecule has 15 heavy (non-hydrogen) atoms. The molecule has 1 fully saturated rings. The summed E-state index contributed by atoms with van der Waals surface area (Å²) in [7, 11) is 0. The van der Waals surface area contributed by atoms with Crippen molar-refractivity contribution >= 4 is 21.8 Å². The molecule has 1 aliphatic heterocycles. The van der Waals surface area contributed by atoms with Gasteiger partial charge in [-0.05, 0) is 25.7 Å². The van der Waals surface area contributed by atoms with Crippen LogP contribution in [-0.2, 0) is 9.53 Å². The summed E-state index contributed by atoms with van der Waals surface area (Å²) in [6.45, 7) is 3.87. The highest BCUT2D eigenvalue weighted by Crippen LogP contribution is 2.18. The summed E-state index contributed by atoms with van der Waals surface area (Å²) in [5.74, 6) is 0.146. The molecule has 1 aliphatic rings. The molecule has 0 N–H and O–H groups in total. The molecular weight excluding hydrogens is 258 g/mol. The van der Waals surface area contributed by atoms with Gasteiger partial charge in [0.15, 0.2) is 0 Å². The van der Waals surface area contributed by atoms with E-state index in [-0.39, 0.29) is 12.5 Å². The predicted molar refractivity (Wildman–Crippen MR) is 64.3 cm³/mol. The molecule has 0 aromatic heterocycles. The fourth-order valence-electron chi connectivity index (χ4n) is 1.88. The summed E-state index contributed by atoms with van der Waals surface area (Å²) >= 11 is 3.47. The number of rotatable bonds is 5. The first kappa shape index (κ1) is 13.0. The smallest absolute Gasteiger partial charge is 0.248 e. The number of piperidine rings is 1. The van der Waals surface area contributed by atoms with Gasteiger partial charge in [-0.3, -0.25) is 4.79 Å². The molecule has 1 atom stereocenters. The van der Waals surface area contributed by atoms with Crippen molar-refractivity contribution in [1.82, 2.24) is 4.90 Å². The van der Waals surface area contributed by atoms with E-state index in [0.717, 1.165) is 31.1 Å². The topological polar surface area (TPSA) is 29.5 Å². The average Bonchev–Trinajstić information content (AvgIpc) is 2.29. The van der Waals surface area contributed by atoms with Crippen LogP contribution in [-0.4, -0.2) is 41.9 Å². The molecule has 88 valence electrons. The van der Waals surface area contributed by atoms with E-state index < -0.39 is 0 Å². The van der Waals surface area contributed by atoms with E-state index >= 15 is 0 Å². The molecular formula is C11H20BrNO2. The third-order valence-electron chi connectivity index (χ3n) is 2.70. The molecule has 4 heteroatoms. The van der Waals surface area contributed by atoms with Crippen molar-refractivity contribution in [3.8, 4) is 0 Å². The molecule has 1 saturated heterocycles. The number of amides is 1. The van der Waals surface area contributed by atoms with E-state index in [1.807, 2.05) is 11.8 Å². The molecule has 1 rings (SSSR count). The van der Waals surface area contributed by atoms with E-state index in [1.165, 1.54) is 6.42 Å². The second-order valence-corrected chi connectivity index (χ2v) is 4.59. The van der Waals surface area contributed by atoms with Gasteiger partial charge in [0.25, 0.3) is 0 Å². The number of hydrogen-bond acceptors (Lipinski definition) is 2. The molecule has 0 saturated carbocycles. The Balaban J connectivity index is 2.34. The van der Waals surface area contributed by atoms with Crippen LogP contribution in [0.2, 0.25) is 0 Å². The lowest BCUT2D eigenvalue weighted by Gasteiger charge is -2.34. The molecule has 1 unspecified atom stereocenters. The second-order valence-electron chi connectivity index (χ2n) is 3.94. The van der Waals surface area contributed by atoms with Crippen LogP contribution >= 0.6 is 15.9 Å². The highest BCUT2D eigenvalue weighted by atomic mass is 79.9. The van der Waals surface area contributed by atoms with Gasteiger partial charge in [0.05, 0.1) is 0 Å². The summed E-state index contributed by atoms with van der Waals surface area (Å²) in [6, 6.07) is 0.372. The number of carbonyl (C=O) groups excluding carboxylic acids is 1. The van der Waals surface area contributed by atoms with Gasteiger partial charge in [0, 0.05) is 24.5 Å². The number of ether oxygens (including phenoxy) is 1. The average molecular weight is 278 g/mol. The van der Waals surface area contributed by atoms with Crippen LogP contribution in [0.15, 0.2) is 0 Å². The minimum atomic E-state index is 0.146. The SMILES string of the molecule is CCCOCC(=O)N1CCCCC1CBr. The number of halogens is 1. The molecule has 0 aromatic carbocycles. The maximum atomic E-state index is 11.8. The van der Waals surface area contributed by atoms with E-state index in [4.69, 9.17) is 4.74 Å². The van der Waals surface area contributed by atoms with Gasteiger partial charge < -0.3 is 9.64 Å². The zero-order valence-electron chi connectivity index (χ0n) is 9.38. The molecule has 0 aliphatic carbocycles. The largest absolute Gasteiger partial charge is 0.372 e. The number of hydrogen-bond donors (Lipinski definition) is 0. The van der Waals surface area contributed by atoms with Gasteiger partial charge in [0.1, 0.15) is 6.61 Å². The third-order valence-corrected chi connectivity index (χ3v) is 3.45.